The highest BCUT2D eigenvalue weighted by molar-refractivity contribution is 6.57. The molecule has 1 N–H and O–H groups in total. The van der Waals surface area contributed by atoms with E-state index < -0.39 is 11.7 Å². The molecule has 0 aromatic heterocycles. The van der Waals surface area contributed by atoms with Crippen molar-refractivity contribution < 1.29 is 23.9 Å². The molecule has 0 saturated heterocycles. The molecule has 2 aliphatic heterocycles. The maximum absolute atomic E-state index is 14.0. The largest absolute Gasteiger partial charge is 0.467 e. The first-order valence-corrected chi connectivity index (χ1v) is 8.30. The summed E-state index contributed by atoms with van der Waals surface area (Å²) in [6, 6.07) is 5.60. The Morgan fingerprint density at radius 1 is 1.27 bits per heavy atom. The van der Waals surface area contributed by atoms with Crippen LogP contribution < -0.4 is 9.64 Å². The zero-order valence-corrected chi connectivity index (χ0v) is 14.6. The fourth-order valence-electron chi connectivity index (χ4n) is 3.15. The number of carbonyl (C=O) groups excluding carboxylic acids is 1. The second-order valence-corrected chi connectivity index (χ2v) is 6.63. The van der Waals surface area contributed by atoms with Crippen LogP contribution in [0, 0.1) is 5.82 Å². The van der Waals surface area contributed by atoms with Crippen molar-refractivity contribution in [3.8, 4) is 5.75 Å². The maximum Gasteiger partial charge on any atom is 0.281 e. The summed E-state index contributed by atoms with van der Waals surface area (Å²) in [5, 5.41) is 12.8. The van der Waals surface area contributed by atoms with Crippen LogP contribution in [0.15, 0.2) is 29.4 Å². The van der Waals surface area contributed by atoms with Gasteiger partial charge in [-0.05, 0) is 24.3 Å². The van der Waals surface area contributed by atoms with Crippen LogP contribution in [0.25, 0.3) is 0 Å². The first kappa shape index (κ1) is 17.1. The van der Waals surface area contributed by atoms with E-state index in [-0.39, 0.29) is 36.2 Å². The maximum atomic E-state index is 14.0. The van der Waals surface area contributed by atoms with Gasteiger partial charge in [-0.3, -0.25) is 4.79 Å². The van der Waals surface area contributed by atoms with Crippen LogP contribution in [0.4, 0.5) is 10.1 Å². The highest BCUT2D eigenvalue weighted by Gasteiger charge is 2.37. The fourth-order valence-corrected chi connectivity index (χ4v) is 3.72. The summed E-state index contributed by atoms with van der Waals surface area (Å²) in [5.74, 6) is -0.578. The van der Waals surface area contributed by atoms with Crippen LogP contribution in [0.2, 0.25) is 10.0 Å². The number of hydrogen-bond donors (Lipinski definition) is 1. The van der Waals surface area contributed by atoms with Gasteiger partial charge < -0.3 is 19.6 Å². The lowest BCUT2D eigenvalue weighted by atomic mass is 10.1. The van der Waals surface area contributed by atoms with E-state index in [4.69, 9.17) is 32.7 Å². The number of oxime groups is 1. The van der Waals surface area contributed by atoms with Gasteiger partial charge >= 0.3 is 0 Å². The number of carbonyl (C=O) groups is 1. The van der Waals surface area contributed by atoms with Crippen molar-refractivity contribution in [2.45, 2.75) is 13.2 Å². The molecular weight excluding hydrogens is 386 g/mol. The average Bonchev–Trinajstić information content (AvgIpc) is 2.86. The van der Waals surface area contributed by atoms with Crippen molar-refractivity contribution in [3.05, 3.63) is 56.8 Å². The van der Waals surface area contributed by atoms with E-state index in [1.807, 2.05) is 0 Å². The van der Waals surface area contributed by atoms with Crippen LogP contribution >= 0.6 is 23.2 Å². The monoisotopic (exact) mass is 396 g/mol. The lowest BCUT2D eigenvalue weighted by Crippen LogP contribution is -2.30. The molecule has 4 rings (SSSR count). The van der Waals surface area contributed by atoms with E-state index in [9.17, 15) is 14.4 Å². The quantitative estimate of drug-likeness (QED) is 0.620. The van der Waals surface area contributed by atoms with Gasteiger partial charge in [-0.25, -0.2) is 4.39 Å². The van der Waals surface area contributed by atoms with Gasteiger partial charge in [-0.2, -0.15) is 0 Å². The Kier molecular flexibility index (Phi) is 4.22. The third-order valence-corrected chi connectivity index (χ3v) is 4.71. The first-order valence-electron chi connectivity index (χ1n) is 7.54. The van der Waals surface area contributed by atoms with E-state index >= 15 is 0 Å². The van der Waals surface area contributed by atoms with Gasteiger partial charge in [0.25, 0.3) is 5.91 Å². The molecule has 0 fully saturated rings. The SMILES string of the molecule is O=C1/C(=N\O)c2c(Cl)cc(Cl)cc2N1Cc1cc(F)cc2c1OCOC2. The Balaban J connectivity index is 1.81. The molecule has 2 heterocycles. The molecule has 1 amide bonds. The van der Waals surface area contributed by atoms with Crippen molar-refractivity contribution >= 4 is 40.5 Å². The molecule has 0 atom stereocenters. The Labute approximate surface area is 157 Å². The zero-order valence-electron chi connectivity index (χ0n) is 13.1. The van der Waals surface area contributed by atoms with Crippen LogP contribution in [0.5, 0.6) is 5.75 Å². The third kappa shape index (κ3) is 2.68. The Bertz CT molecular complexity index is 964. The molecule has 9 heteroatoms. The lowest BCUT2D eigenvalue weighted by molar-refractivity contribution is -0.112. The number of amides is 1. The number of hydrogen-bond acceptors (Lipinski definition) is 5. The molecule has 134 valence electrons. The van der Waals surface area contributed by atoms with E-state index in [0.717, 1.165) is 0 Å². The molecule has 0 saturated carbocycles. The smallest absolute Gasteiger partial charge is 0.281 e. The predicted molar refractivity (Wildman–Crippen MR) is 92.7 cm³/mol. The molecule has 0 unspecified atom stereocenters. The van der Waals surface area contributed by atoms with Gasteiger partial charge in [0.15, 0.2) is 12.5 Å². The summed E-state index contributed by atoms with van der Waals surface area (Å²) in [7, 11) is 0. The molecule has 0 aliphatic carbocycles. The summed E-state index contributed by atoms with van der Waals surface area (Å²) < 4.78 is 24.6. The normalized spacial score (nSPS) is 17.3. The predicted octanol–water partition coefficient (Wildman–Crippen LogP) is 3.72. The van der Waals surface area contributed by atoms with Gasteiger partial charge in [-0.15, -0.1) is 0 Å². The number of rotatable bonds is 2. The molecule has 0 spiro atoms. The summed E-state index contributed by atoms with van der Waals surface area (Å²) in [5.41, 5.74) is 1.47. The van der Waals surface area contributed by atoms with Crippen LogP contribution in [-0.2, 0) is 22.7 Å². The summed E-state index contributed by atoms with van der Waals surface area (Å²) in [4.78, 5) is 14.0. The lowest BCUT2D eigenvalue weighted by Gasteiger charge is -2.24. The van der Waals surface area contributed by atoms with E-state index in [1.165, 1.54) is 29.2 Å². The summed E-state index contributed by atoms with van der Waals surface area (Å²) in [6.07, 6.45) is 0. The van der Waals surface area contributed by atoms with Crippen molar-refractivity contribution in [2.24, 2.45) is 5.16 Å². The second kappa shape index (κ2) is 6.42. The van der Waals surface area contributed by atoms with Gasteiger partial charge in [0.05, 0.1) is 29.4 Å². The summed E-state index contributed by atoms with van der Waals surface area (Å²) in [6.45, 7) is 0.240. The number of fused-ring (bicyclic) bond motifs is 2. The first-order chi connectivity index (χ1) is 12.5. The molecule has 6 nitrogen and oxygen atoms in total. The number of nitrogens with zero attached hydrogens (tertiary/aromatic N) is 2. The highest BCUT2D eigenvalue weighted by Crippen LogP contribution is 2.40. The van der Waals surface area contributed by atoms with Crippen LogP contribution in [0.1, 0.15) is 16.7 Å². The third-order valence-electron chi connectivity index (χ3n) is 4.19. The molecule has 0 radical (unpaired) electrons. The van der Waals surface area contributed by atoms with Crippen molar-refractivity contribution in [3.63, 3.8) is 0 Å². The van der Waals surface area contributed by atoms with Gasteiger partial charge in [0.1, 0.15) is 11.6 Å². The Morgan fingerprint density at radius 3 is 2.85 bits per heavy atom. The average molecular weight is 397 g/mol. The van der Waals surface area contributed by atoms with E-state index in [2.05, 4.69) is 5.16 Å². The standard InChI is InChI=1S/C17H11Cl2FN2O4/c18-10-3-12(19)14-13(4-10)22(17(23)15(14)21-24)5-8-1-11(20)2-9-6-25-7-26-16(8)9/h1-4,24H,5-7H2/b21-15-. The fraction of sp³-hybridized carbons (Fsp3) is 0.176. The zero-order chi connectivity index (χ0) is 18.4. The van der Waals surface area contributed by atoms with E-state index in [0.29, 0.717) is 27.6 Å². The molecule has 2 aliphatic rings. The van der Waals surface area contributed by atoms with Crippen molar-refractivity contribution in [2.75, 3.05) is 11.7 Å². The summed E-state index contributed by atoms with van der Waals surface area (Å²) >= 11 is 12.2. The van der Waals surface area contributed by atoms with Gasteiger partial charge in [-0.1, -0.05) is 28.4 Å². The van der Waals surface area contributed by atoms with Crippen molar-refractivity contribution in [1.82, 2.24) is 0 Å². The topological polar surface area (TPSA) is 71.4 Å². The number of anilines is 1. The number of ether oxygens (including phenoxy) is 2. The Hall–Kier alpha value is -2.35. The molecule has 2 aromatic rings. The molecule has 0 bridgehead atoms. The van der Waals surface area contributed by atoms with E-state index in [1.54, 1.807) is 0 Å². The number of halogens is 3. The van der Waals surface area contributed by atoms with Crippen LogP contribution in [0.3, 0.4) is 0 Å². The van der Waals surface area contributed by atoms with Crippen molar-refractivity contribution in [1.29, 1.82) is 0 Å². The van der Waals surface area contributed by atoms with Crippen LogP contribution in [-0.4, -0.2) is 23.6 Å². The number of benzene rings is 2. The minimum absolute atomic E-state index is 0.0123. The van der Waals surface area contributed by atoms with Gasteiger partial charge in [0, 0.05) is 16.1 Å². The molecule has 2 aromatic carbocycles. The molecule has 26 heavy (non-hydrogen) atoms. The minimum Gasteiger partial charge on any atom is -0.467 e. The highest BCUT2D eigenvalue weighted by atomic mass is 35.5. The van der Waals surface area contributed by atoms with Gasteiger partial charge in [0.2, 0.25) is 0 Å². The molecular formula is C17H11Cl2FN2O4. The second-order valence-electron chi connectivity index (χ2n) is 5.79. The minimum atomic E-state index is -0.572. The Morgan fingerprint density at radius 2 is 2.08 bits per heavy atom.